The number of rotatable bonds is 10. The van der Waals surface area contributed by atoms with Gasteiger partial charge in [-0.25, -0.2) is 0 Å². The molecule has 3 nitrogen and oxygen atoms in total. The maximum Gasteiger partial charge on any atom is 0.308 e. The summed E-state index contributed by atoms with van der Waals surface area (Å²) in [5.74, 6) is -0.369. The first-order valence-corrected chi connectivity index (χ1v) is 7.98. The topological polar surface area (TPSA) is 46.5 Å². The van der Waals surface area contributed by atoms with E-state index in [0.717, 1.165) is 12.0 Å². The standard InChI is InChI=1S/C18H28O3/c1-3-4-5-6-7-8-15-9-11-16(12-10-15)13-17(19)14-18(20)21-2/h9-12,17,19H,3-8,13-14H2,1-2H3/t17-/m0/s1. The number of methoxy groups -OCH3 is 1. The Labute approximate surface area is 128 Å². The smallest absolute Gasteiger partial charge is 0.308 e. The van der Waals surface area contributed by atoms with E-state index < -0.39 is 6.10 Å². The van der Waals surface area contributed by atoms with Gasteiger partial charge in [-0.2, -0.15) is 0 Å². The third-order valence-corrected chi connectivity index (χ3v) is 3.69. The monoisotopic (exact) mass is 292 g/mol. The zero-order valence-corrected chi connectivity index (χ0v) is 13.3. The molecule has 1 N–H and O–H groups in total. The van der Waals surface area contributed by atoms with Crippen molar-refractivity contribution in [2.24, 2.45) is 0 Å². The van der Waals surface area contributed by atoms with Crippen LogP contribution in [0.3, 0.4) is 0 Å². The third kappa shape index (κ3) is 7.86. The zero-order valence-electron chi connectivity index (χ0n) is 13.3. The van der Waals surface area contributed by atoms with Gasteiger partial charge in [-0.1, -0.05) is 56.9 Å². The molecular weight excluding hydrogens is 264 g/mol. The van der Waals surface area contributed by atoms with Crippen molar-refractivity contribution in [1.29, 1.82) is 0 Å². The van der Waals surface area contributed by atoms with Crippen molar-refractivity contribution in [3.05, 3.63) is 35.4 Å². The molecule has 118 valence electrons. The van der Waals surface area contributed by atoms with Gasteiger partial charge in [0.15, 0.2) is 0 Å². The number of carbonyl (C=O) groups excluding carboxylic acids is 1. The van der Waals surface area contributed by atoms with Gasteiger partial charge < -0.3 is 9.84 Å². The first-order valence-electron chi connectivity index (χ1n) is 7.98. The van der Waals surface area contributed by atoms with Crippen LogP contribution in [0, 0.1) is 0 Å². The van der Waals surface area contributed by atoms with Crippen LogP contribution in [0.1, 0.15) is 56.6 Å². The highest BCUT2D eigenvalue weighted by atomic mass is 16.5. The minimum atomic E-state index is -0.669. The first kappa shape index (κ1) is 17.7. The van der Waals surface area contributed by atoms with E-state index in [4.69, 9.17) is 0 Å². The Morgan fingerprint density at radius 1 is 1.10 bits per heavy atom. The number of aryl methyl sites for hydroxylation is 1. The molecule has 0 aromatic heterocycles. The van der Waals surface area contributed by atoms with Crippen molar-refractivity contribution >= 4 is 5.97 Å². The minimum Gasteiger partial charge on any atom is -0.469 e. The third-order valence-electron chi connectivity index (χ3n) is 3.69. The van der Waals surface area contributed by atoms with Crippen molar-refractivity contribution in [3.8, 4) is 0 Å². The highest BCUT2D eigenvalue weighted by molar-refractivity contribution is 5.69. The summed E-state index contributed by atoms with van der Waals surface area (Å²) in [6.45, 7) is 2.23. The van der Waals surface area contributed by atoms with Crippen LogP contribution in [0.4, 0.5) is 0 Å². The number of benzene rings is 1. The molecule has 0 aliphatic rings. The Bertz CT molecular complexity index is 397. The molecule has 1 aromatic rings. The molecule has 0 aliphatic heterocycles. The van der Waals surface area contributed by atoms with Crippen LogP contribution in [0.25, 0.3) is 0 Å². The predicted molar refractivity (Wildman–Crippen MR) is 85.2 cm³/mol. The number of esters is 1. The van der Waals surface area contributed by atoms with Crippen LogP contribution in [-0.4, -0.2) is 24.3 Å². The van der Waals surface area contributed by atoms with Crippen molar-refractivity contribution in [3.63, 3.8) is 0 Å². The second kappa shape index (κ2) is 10.4. The molecule has 21 heavy (non-hydrogen) atoms. The van der Waals surface area contributed by atoms with E-state index in [9.17, 15) is 9.90 Å². The maximum absolute atomic E-state index is 11.1. The summed E-state index contributed by atoms with van der Waals surface area (Å²) in [5, 5.41) is 9.80. The quantitative estimate of drug-likeness (QED) is 0.529. The Kier molecular flexibility index (Phi) is 8.76. The number of aliphatic hydroxyl groups excluding tert-OH is 1. The molecule has 0 bridgehead atoms. The molecule has 1 aromatic carbocycles. The van der Waals surface area contributed by atoms with Crippen molar-refractivity contribution in [2.45, 2.75) is 64.4 Å². The van der Waals surface area contributed by atoms with Crippen LogP contribution in [0.5, 0.6) is 0 Å². The lowest BCUT2D eigenvalue weighted by atomic mass is 10.0. The normalized spacial score (nSPS) is 12.1. The van der Waals surface area contributed by atoms with Crippen LogP contribution >= 0.6 is 0 Å². The highest BCUT2D eigenvalue weighted by Gasteiger charge is 2.11. The zero-order chi connectivity index (χ0) is 15.5. The fraction of sp³-hybridized carbons (Fsp3) is 0.611. The van der Waals surface area contributed by atoms with E-state index in [1.165, 1.54) is 44.8 Å². The van der Waals surface area contributed by atoms with Gasteiger partial charge in [0.25, 0.3) is 0 Å². The number of ether oxygens (including phenoxy) is 1. The van der Waals surface area contributed by atoms with Gasteiger partial charge in [0, 0.05) is 0 Å². The lowest BCUT2D eigenvalue weighted by Crippen LogP contribution is -2.17. The van der Waals surface area contributed by atoms with Crippen LogP contribution in [-0.2, 0) is 22.4 Å². The molecule has 1 rings (SSSR count). The fourth-order valence-electron chi connectivity index (χ4n) is 2.39. The molecule has 0 heterocycles. The average Bonchev–Trinajstić information content (AvgIpc) is 2.48. The molecule has 0 fully saturated rings. The van der Waals surface area contributed by atoms with Gasteiger partial charge in [-0.15, -0.1) is 0 Å². The Balaban J connectivity index is 2.31. The minimum absolute atomic E-state index is 0.0513. The lowest BCUT2D eigenvalue weighted by Gasteiger charge is -2.10. The van der Waals surface area contributed by atoms with Crippen molar-refractivity contribution in [1.82, 2.24) is 0 Å². The number of hydrogen-bond acceptors (Lipinski definition) is 3. The van der Waals surface area contributed by atoms with Crippen molar-refractivity contribution < 1.29 is 14.6 Å². The van der Waals surface area contributed by atoms with E-state index in [0.29, 0.717) is 6.42 Å². The van der Waals surface area contributed by atoms with E-state index >= 15 is 0 Å². The van der Waals surface area contributed by atoms with E-state index in [1.807, 2.05) is 12.1 Å². The predicted octanol–water partition coefficient (Wildman–Crippen LogP) is 3.67. The summed E-state index contributed by atoms with van der Waals surface area (Å²) < 4.78 is 4.55. The summed E-state index contributed by atoms with van der Waals surface area (Å²) in [5.41, 5.74) is 2.40. The average molecular weight is 292 g/mol. The van der Waals surface area contributed by atoms with E-state index in [1.54, 1.807) is 0 Å². The van der Waals surface area contributed by atoms with E-state index in [-0.39, 0.29) is 12.4 Å². The summed E-state index contributed by atoms with van der Waals surface area (Å²) in [6.07, 6.45) is 7.47. The molecule has 0 aliphatic carbocycles. The highest BCUT2D eigenvalue weighted by Crippen LogP contribution is 2.12. The molecule has 3 heteroatoms. The van der Waals surface area contributed by atoms with Gasteiger partial charge in [-0.3, -0.25) is 4.79 Å². The molecule has 0 saturated carbocycles. The van der Waals surface area contributed by atoms with Gasteiger partial charge in [0.05, 0.1) is 19.6 Å². The fourth-order valence-corrected chi connectivity index (χ4v) is 2.39. The number of hydrogen-bond donors (Lipinski definition) is 1. The molecule has 0 spiro atoms. The molecule has 0 saturated heterocycles. The molecule has 1 atom stereocenters. The second-order valence-corrected chi connectivity index (χ2v) is 5.62. The Morgan fingerprint density at radius 3 is 2.33 bits per heavy atom. The van der Waals surface area contributed by atoms with Gasteiger partial charge in [0.1, 0.15) is 0 Å². The largest absolute Gasteiger partial charge is 0.469 e. The summed E-state index contributed by atoms with van der Waals surface area (Å²) in [7, 11) is 1.34. The summed E-state index contributed by atoms with van der Waals surface area (Å²) >= 11 is 0. The Hall–Kier alpha value is -1.35. The number of aliphatic hydroxyl groups is 1. The van der Waals surface area contributed by atoms with E-state index in [2.05, 4.69) is 23.8 Å². The van der Waals surface area contributed by atoms with Crippen LogP contribution in [0.2, 0.25) is 0 Å². The van der Waals surface area contributed by atoms with Gasteiger partial charge in [-0.05, 0) is 30.4 Å². The van der Waals surface area contributed by atoms with Crippen LogP contribution < -0.4 is 0 Å². The summed E-state index contributed by atoms with van der Waals surface area (Å²) in [4.78, 5) is 11.1. The first-order chi connectivity index (χ1) is 10.2. The Morgan fingerprint density at radius 2 is 1.71 bits per heavy atom. The van der Waals surface area contributed by atoms with Crippen LogP contribution in [0.15, 0.2) is 24.3 Å². The SMILES string of the molecule is CCCCCCCc1ccc(C[C@H](O)CC(=O)OC)cc1. The maximum atomic E-state index is 11.1. The second-order valence-electron chi connectivity index (χ2n) is 5.62. The lowest BCUT2D eigenvalue weighted by molar-refractivity contribution is -0.142. The molecular formula is C18H28O3. The van der Waals surface area contributed by atoms with Crippen molar-refractivity contribution in [2.75, 3.05) is 7.11 Å². The molecule has 0 unspecified atom stereocenters. The van der Waals surface area contributed by atoms with Gasteiger partial charge in [0.2, 0.25) is 0 Å². The summed E-state index contributed by atoms with van der Waals surface area (Å²) in [6, 6.07) is 8.34. The molecule has 0 radical (unpaired) electrons. The van der Waals surface area contributed by atoms with Gasteiger partial charge >= 0.3 is 5.97 Å². The molecule has 0 amide bonds. The number of unbranched alkanes of at least 4 members (excludes halogenated alkanes) is 4. The number of carbonyl (C=O) groups is 1.